The Morgan fingerprint density at radius 1 is 1.13 bits per heavy atom. The van der Waals surface area contributed by atoms with E-state index in [1.165, 1.54) is 4.68 Å². The first-order valence-corrected chi connectivity index (χ1v) is 10.8. The second kappa shape index (κ2) is 8.30. The summed E-state index contributed by atoms with van der Waals surface area (Å²) in [6.45, 7) is 7.12. The molecule has 3 aromatic rings. The van der Waals surface area contributed by atoms with Gasteiger partial charge in [-0.25, -0.2) is 13.2 Å². The number of fused-ring (bicyclic) bond motifs is 1. The molecule has 0 aliphatic carbocycles. The Bertz CT molecular complexity index is 1240. The monoisotopic (exact) mass is 425 g/mol. The van der Waals surface area contributed by atoms with Gasteiger partial charge in [0.1, 0.15) is 11.3 Å². The smallest absolute Gasteiger partial charge is 0.435 e. The van der Waals surface area contributed by atoms with Crippen molar-refractivity contribution in [3.05, 3.63) is 59.8 Å². The van der Waals surface area contributed by atoms with E-state index in [4.69, 9.17) is 4.74 Å². The summed E-state index contributed by atoms with van der Waals surface area (Å²) in [4.78, 5) is 12.6. The SMILES string of the molecule is Cc1ccc(S(=O)(=O)NCC#Cc2nn(C(=O)OC(C)(C)C)c3ccccc23)cc1. The number of para-hydroxylation sites is 1. The molecule has 0 unspecified atom stereocenters. The van der Waals surface area contributed by atoms with E-state index in [2.05, 4.69) is 21.7 Å². The van der Waals surface area contributed by atoms with E-state index in [9.17, 15) is 13.2 Å². The van der Waals surface area contributed by atoms with Gasteiger partial charge in [-0.3, -0.25) is 0 Å². The molecule has 30 heavy (non-hydrogen) atoms. The van der Waals surface area contributed by atoms with Crippen LogP contribution in [0.15, 0.2) is 53.4 Å². The molecule has 1 heterocycles. The van der Waals surface area contributed by atoms with Gasteiger partial charge in [0, 0.05) is 5.39 Å². The summed E-state index contributed by atoms with van der Waals surface area (Å²) in [5.41, 5.74) is 1.24. The van der Waals surface area contributed by atoms with Crippen LogP contribution >= 0.6 is 0 Å². The maximum atomic E-state index is 12.5. The minimum atomic E-state index is -3.65. The van der Waals surface area contributed by atoms with Crippen molar-refractivity contribution in [1.82, 2.24) is 14.5 Å². The molecule has 0 aliphatic rings. The predicted octanol–water partition coefficient (Wildman–Crippen LogP) is 3.46. The van der Waals surface area contributed by atoms with Crippen LogP contribution in [-0.4, -0.2) is 36.4 Å². The molecule has 0 bridgehead atoms. The van der Waals surface area contributed by atoms with Gasteiger partial charge in [0.25, 0.3) is 0 Å². The van der Waals surface area contributed by atoms with E-state index in [-0.39, 0.29) is 11.4 Å². The van der Waals surface area contributed by atoms with Crippen molar-refractivity contribution in [2.45, 2.75) is 38.2 Å². The first-order chi connectivity index (χ1) is 14.1. The molecular formula is C22H23N3O4S. The Hall–Kier alpha value is -3.15. The Balaban J connectivity index is 1.81. The fourth-order valence-corrected chi connectivity index (χ4v) is 3.59. The van der Waals surface area contributed by atoms with Crippen molar-refractivity contribution in [3.63, 3.8) is 0 Å². The Morgan fingerprint density at radius 2 is 1.80 bits per heavy atom. The molecule has 0 radical (unpaired) electrons. The average Bonchev–Trinajstić information content (AvgIpc) is 3.03. The van der Waals surface area contributed by atoms with Gasteiger partial charge >= 0.3 is 6.09 Å². The molecule has 8 heteroatoms. The molecule has 1 N–H and O–H groups in total. The number of rotatable bonds is 3. The predicted molar refractivity (Wildman–Crippen MR) is 115 cm³/mol. The van der Waals surface area contributed by atoms with Gasteiger partial charge in [-0.05, 0) is 57.9 Å². The lowest BCUT2D eigenvalue weighted by molar-refractivity contribution is 0.0522. The standard InChI is InChI=1S/C22H23N3O4S/c1-16-11-13-17(14-12-16)30(27,28)23-15-7-9-19-18-8-5-6-10-20(18)25(24-19)21(26)29-22(2,3)4/h5-6,8,10-14,23H,15H2,1-4H3. The van der Waals surface area contributed by atoms with Crippen LogP contribution in [0.1, 0.15) is 32.0 Å². The van der Waals surface area contributed by atoms with Crippen molar-refractivity contribution in [2.24, 2.45) is 0 Å². The number of hydrogen-bond donors (Lipinski definition) is 1. The quantitative estimate of drug-likeness (QED) is 0.649. The molecule has 0 atom stereocenters. The van der Waals surface area contributed by atoms with Crippen LogP contribution in [0.3, 0.4) is 0 Å². The highest BCUT2D eigenvalue weighted by Gasteiger charge is 2.21. The third-order valence-corrected chi connectivity index (χ3v) is 5.46. The fourth-order valence-electron chi connectivity index (χ4n) is 2.66. The topological polar surface area (TPSA) is 90.3 Å². The maximum Gasteiger partial charge on any atom is 0.435 e. The molecule has 1 aromatic heterocycles. The lowest BCUT2D eigenvalue weighted by Gasteiger charge is -2.19. The molecule has 156 valence electrons. The van der Waals surface area contributed by atoms with Crippen molar-refractivity contribution >= 4 is 27.0 Å². The number of hydrogen-bond acceptors (Lipinski definition) is 5. The second-order valence-electron chi connectivity index (χ2n) is 7.70. The van der Waals surface area contributed by atoms with Crippen LogP contribution in [-0.2, 0) is 14.8 Å². The lowest BCUT2D eigenvalue weighted by atomic mass is 10.2. The number of nitrogens with zero attached hydrogens (tertiary/aromatic N) is 2. The Kier molecular flexibility index (Phi) is 5.97. The summed E-state index contributed by atoms with van der Waals surface area (Å²) in [6.07, 6.45) is -0.605. The summed E-state index contributed by atoms with van der Waals surface area (Å²) in [6, 6.07) is 13.7. The zero-order chi connectivity index (χ0) is 21.9. The molecule has 2 aromatic carbocycles. The molecule has 0 spiro atoms. The number of aryl methyl sites for hydroxylation is 1. The number of benzene rings is 2. The van der Waals surface area contributed by atoms with Gasteiger partial charge in [0.05, 0.1) is 17.0 Å². The van der Waals surface area contributed by atoms with Gasteiger partial charge < -0.3 is 4.74 Å². The first-order valence-electron chi connectivity index (χ1n) is 9.33. The summed E-state index contributed by atoms with van der Waals surface area (Å²) in [7, 11) is -3.65. The normalized spacial score (nSPS) is 11.7. The van der Waals surface area contributed by atoms with E-state index < -0.39 is 21.7 Å². The van der Waals surface area contributed by atoms with Crippen LogP contribution in [0.2, 0.25) is 0 Å². The first kappa shape index (κ1) is 21.6. The van der Waals surface area contributed by atoms with Crippen LogP contribution in [0, 0.1) is 18.8 Å². The van der Waals surface area contributed by atoms with E-state index >= 15 is 0 Å². The van der Waals surface area contributed by atoms with Gasteiger partial charge in [0.15, 0.2) is 0 Å². The number of sulfonamides is 1. The third kappa shape index (κ3) is 5.06. The number of ether oxygens (including phenoxy) is 1. The van der Waals surface area contributed by atoms with E-state index in [0.717, 1.165) is 5.56 Å². The second-order valence-corrected chi connectivity index (χ2v) is 9.46. The minimum absolute atomic E-state index is 0.0934. The fraction of sp³-hybridized carbons (Fsp3) is 0.273. The Morgan fingerprint density at radius 3 is 2.47 bits per heavy atom. The van der Waals surface area contributed by atoms with Crippen molar-refractivity contribution in [2.75, 3.05) is 6.54 Å². The van der Waals surface area contributed by atoms with Crippen LogP contribution in [0.5, 0.6) is 0 Å². The van der Waals surface area contributed by atoms with Crippen LogP contribution < -0.4 is 4.72 Å². The van der Waals surface area contributed by atoms with E-state index in [0.29, 0.717) is 16.6 Å². The van der Waals surface area contributed by atoms with Crippen LogP contribution in [0.25, 0.3) is 10.9 Å². The molecule has 0 saturated heterocycles. The Labute approximate surface area is 176 Å². The van der Waals surface area contributed by atoms with E-state index in [1.54, 1.807) is 63.2 Å². The third-order valence-electron chi connectivity index (χ3n) is 4.04. The molecule has 0 saturated carbocycles. The largest absolute Gasteiger partial charge is 0.442 e. The van der Waals surface area contributed by atoms with Crippen molar-refractivity contribution in [3.8, 4) is 11.8 Å². The van der Waals surface area contributed by atoms with E-state index in [1.807, 2.05) is 13.0 Å². The minimum Gasteiger partial charge on any atom is -0.442 e. The summed E-state index contributed by atoms with van der Waals surface area (Å²) in [5.74, 6) is 5.61. The van der Waals surface area contributed by atoms with Gasteiger partial charge in [-0.1, -0.05) is 35.7 Å². The van der Waals surface area contributed by atoms with Crippen molar-refractivity contribution in [1.29, 1.82) is 0 Å². The molecule has 7 nitrogen and oxygen atoms in total. The highest BCUT2D eigenvalue weighted by Crippen LogP contribution is 2.19. The number of carbonyl (C=O) groups is 1. The molecule has 0 fully saturated rings. The molecular weight excluding hydrogens is 402 g/mol. The average molecular weight is 426 g/mol. The maximum absolute atomic E-state index is 12.5. The van der Waals surface area contributed by atoms with Gasteiger partial charge in [-0.2, -0.15) is 14.5 Å². The molecule has 0 amide bonds. The summed E-state index contributed by atoms with van der Waals surface area (Å²) >= 11 is 0. The van der Waals surface area contributed by atoms with Gasteiger partial charge in [0.2, 0.25) is 10.0 Å². The number of carbonyl (C=O) groups excluding carboxylic acids is 1. The van der Waals surface area contributed by atoms with Crippen molar-refractivity contribution < 1.29 is 17.9 Å². The van der Waals surface area contributed by atoms with Crippen LogP contribution in [0.4, 0.5) is 4.79 Å². The van der Waals surface area contributed by atoms with Gasteiger partial charge in [-0.15, -0.1) is 0 Å². The molecule has 3 rings (SSSR count). The zero-order valence-corrected chi connectivity index (χ0v) is 18.1. The number of aromatic nitrogens is 2. The zero-order valence-electron chi connectivity index (χ0n) is 17.3. The summed E-state index contributed by atoms with van der Waals surface area (Å²) in [5, 5.41) is 4.94. The highest BCUT2D eigenvalue weighted by atomic mass is 32.2. The summed E-state index contributed by atoms with van der Waals surface area (Å²) < 4.78 is 33.7. The highest BCUT2D eigenvalue weighted by molar-refractivity contribution is 7.89. The lowest BCUT2D eigenvalue weighted by Crippen LogP contribution is -2.27. The molecule has 0 aliphatic heterocycles. The number of nitrogens with one attached hydrogen (secondary N) is 1.